The zero-order valence-electron chi connectivity index (χ0n) is 10.9. The molecule has 5 heteroatoms. The predicted molar refractivity (Wildman–Crippen MR) is 71.8 cm³/mol. The fourth-order valence-electron chi connectivity index (χ4n) is 2.41. The average molecular weight is 257 g/mol. The number of fused-ring (bicyclic) bond motifs is 1. The van der Waals surface area contributed by atoms with Crippen LogP contribution in [-0.4, -0.2) is 29.2 Å². The average Bonchev–Trinajstić information content (AvgIpc) is 3.02. The van der Waals surface area contributed by atoms with Crippen molar-refractivity contribution >= 4 is 11.5 Å². The third kappa shape index (κ3) is 1.87. The van der Waals surface area contributed by atoms with Crippen molar-refractivity contribution in [2.75, 3.05) is 19.0 Å². The van der Waals surface area contributed by atoms with Crippen molar-refractivity contribution in [3.05, 3.63) is 41.2 Å². The molecule has 0 atom stereocenters. The summed E-state index contributed by atoms with van der Waals surface area (Å²) in [4.78, 5) is 12.5. The smallest absolute Gasteiger partial charge is 0.214 e. The quantitative estimate of drug-likeness (QED) is 0.849. The monoisotopic (exact) mass is 257 g/mol. The first-order valence-corrected chi connectivity index (χ1v) is 6.18. The second kappa shape index (κ2) is 4.42. The molecule has 1 aliphatic rings. The van der Waals surface area contributed by atoms with E-state index in [2.05, 4.69) is 10.4 Å². The van der Waals surface area contributed by atoms with E-state index in [1.54, 1.807) is 25.0 Å². The standard InChI is InChI=1S/C14H15N3O2/c1-17-13(12(19-2)8-16-17)14(18)10-3-4-11-9(7-10)5-6-15-11/h3-4,7-8,15H,5-6H2,1-2H3. The van der Waals surface area contributed by atoms with E-state index in [1.165, 1.54) is 5.56 Å². The molecule has 0 fully saturated rings. The lowest BCUT2D eigenvalue weighted by Crippen LogP contribution is -2.10. The highest BCUT2D eigenvalue weighted by Gasteiger charge is 2.21. The van der Waals surface area contributed by atoms with Crippen LogP contribution in [0.4, 0.5) is 5.69 Å². The Balaban J connectivity index is 2.02. The summed E-state index contributed by atoms with van der Waals surface area (Å²) in [5, 5.41) is 7.35. The van der Waals surface area contributed by atoms with E-state index < -0.39 is 0 Å². The number of aryl methyl sites for hydroxylation is 1. The van der Waals surface area contributed by atoms with Crippen molar-refractivity contribution in [1.82, 2.24) is 9.78 Å². The largest absolute Gasteiger partial charge is 0.493 e. The van der Waals surface area contributed by atoms with E-state index in [0.717, 1.165) is 18.7 Å². The van der Waals surface area contributed by atoms with Crippen LogP contribution in [-0.2, 0) is 13.5 Å². The second-order valence-electron chi connectivity index (χ2n) is 4.56. The van der Waals surface area contributed by atoms with Gasteiger partial charge in [-0.25, -0.2) is 0 Å². The van der Waals surface area contributed by atoms with Crippen molar-refractivity contribution < 1.29 is 9.53 Å². The van der Waals surface area contributed by atoms with Gasteiger partial charge in [0.15, 0.2) is 11.4 Å². The number of rotatable bonds is 3. The summed E-state index contributed by atoms with van der Waals surface area (Å²) in [5.74, 6) is 0.442. The van der Waals surface area contributed by atoms with Crippen molar-refractivity contribution in [2.24, 2.45) is 7.05 Å². The lowest BCUT2D eigenvalue weighted by molar-refractivity contribution is 0.102. The van der Waals surface area contributed by atoms with E-state index in [1.807, 2.05) is 18.2 Å². The first kappa shape index (κ1) is 11.8. The van der Waals surface area contributed by atoms with Gasteiger partial charge in [0.2, 0.25) is 5.78 Å². The number of nitrogens with zero attached hydrogens (tertiary/aromatic N) is 2. The molecule has 3 rings (SSSR count). The number of ether oxygens (including phenoxy) is 1. The van der Waals surface area contributed by atoms with Crippen LogP contribution in [0.2, 0.25) is 0 Å². The molecule has 2 aromatic rings. The van der Waals surface area contributed by atoms with Gasteiger partial charge in [0.25, 0.3) is 0 Å². The molecule has 0 bridgehead atoms. The van der Waals surface area contributed by atoms with E-state index in [9.17, 15) is 4.79 Å². The van der Waals surface area contributed by atoms with Crippen molar-refractivity contribution in [1.29, 1.82) is 0 Å². The van der Waals surface area contributed by atoms with Crippen LogP contribution in [0.15, 0.2) is 24.4 Å². The van der Waals surface area contributed by atoms with Crippen LogP contribution in [0.1, 0.15) is 21.6 Å². The molecule has 1 aromatic carbocycles. The molecule has 0 unspecified atom stereocenters. The Morgan fingerprint density at radius 3 is 3.11 bits per heavy atom. The third-order valence-electron chi connectivity index (χ3n) is 3.42. The minimum Gasteiger partial charge on any atom is -0.493 e. The van der Waals surface area contributed by atoms with Crippen molar-refractivity contribution in [3.63, 3.8) is 0 Å². The highest BCUT2D eigenvalue weighted by molar-refractivity contribution is 6.09. The Kier molecular flexibility index (Phi) is 2.74. The number of nitrogens with one attached hydrogen (secondary N) is 1. The Bertz CT molecular complexity index is 646. The zero-order valence-corrected chi connectivity index (χ0v) is 10.9. The highest BCUT2D eigenvalue weighted by atomic mass is 16.5. The molecule has 0 aliphatic carbocycles. The molecular weight excluding hydrogens is 242 g/mol. The van der Waals surface area contributed by atoms with Gasteiger partial charge in [0, 0.05) is 24.8 Å². The van der Waals surface area contributed by atoms with Gasteiger partial charge in [-0.15, -0.1) is 0 Å². The Hall–Kier alpha value is -2.30. The maximum Gasteiger partial charge on any atom is 0.214 e. The Labute approximate surface area is 111 Å². The normalized spacial score (nSPS) is 12.9. The molecule has 0 spiro atoms. The summed E-state index contributed by atoms with van der Waals surface area (Å²) in [6.07, 6.45) is 2.52. The molecule has 0 amide bonds. The number of anilines is 1. The number of carbonyl (C=O) groups excluding carboxylic acids is 1. The molecule has 0 saturated heterocycles. The fraction of sp³-hybridized carbons (Fsp3) is 0.286. The first-order chi connectivity index (χ1) is 9.20. The van der Waals surface area contributed by atoms with Gasteiger partial charge in [-0.2, -0.15) is 5.10 Å². The number of methoxy groups -OCH3 is 1. The van der Waals surface area contributed by atoms with Gasteiger partial charge in [-0.05, 0) is 30.2 Å². The van der Waals surface area contributed by atoms with Gasteiger partial charge >= 0.3 is 0 Å². The van der Waals surface area contributed by atoms with Crippen LogP contribution in [0.25, 0.3) is 0 Å². The summed E-state index contributed by atoms with van der Waals surface area (Å²) in [7, 11) is 3.28. The van der Waals surface area contributed by atoms with E-state index >= 15 is 0 Å². The molecule has 5 nitrogen and oxygen atoms in total. The molecule has 1 aliphatic heterocycles. The topological polar surface area (TPSA) is 56.2 Å². The minimum atomic E-state index is -0.0634. The highest BCUT2D eigenvalue weighted by Crippen LogP contribution is 2.26. The SMILES string of the molecule is COc1cnn(C)c1C(=O)c1ccc2c(c1)CCN2. The predicted octanol–water partition coefficient (Wildman–Crippen LogP) is 1.63. The van der Waals surface area contributed by atoms with Crippen LogP contribution < -0.4 is 10.1 Å². The van der Waals surface area contributed by atoms with E-state index in [4.69, 9.17) is 4.74 Å². The van der Waals surface area contributed by atoms with Gasteiger partial charge in [-0.3, -0.25) is 9.48 Å². The summed E-state index contributed by atoms with van der Waals surface area (Å²) in [6, 6.07) is 5.74. The summed E-state index contributed by atoms with van der Waals surface area (Å²) < 4.78 is 6.73. The molecule has 0 radical (unpaired) electrons. The van der Waals surface area contributed by atoms with E-state index in [-0.39, 0.29) is 5.78 Å². The fourth-order valence-corrected chi connectivity index (χ4v) is 2.41. The van der Waals surface area contributed by atoms with Crippen LogP contribution in [0, 0.1) is 0 Å². The summed E-state index contributed by atoms with van der Waals surface area (Å²) in [5.41, 5.74) is 3.46. The lowest BCUT2D eigenvalue weighted by atomic mass is 10.0. The first-order valence-electron chi connectivity index (χ1n) is 6.18. The summed E-state index contributed by atoms with van der Waals surface area (Å²) >= 11 is 0. The maximum atomic E-state index is 12.5. The van der Waals surface area contributed by atoms with Gasteiger partial charge in [0.05, 0.1) is 13.3 Å². The van der Waals surface area contributed by atoms with Gasteiger partial charge in [-0.1, -0.05) is 0 Å². The van der Waals surface area contributed by atoms with Crippen LogP contribution in [0.5, 0.6) is 5.75 Å². The Morgan fingerprint density at radius 1 is 1.47 bits per heavy atom. The maximum absolute atomic E-state index is 12.5. The molecule has 1 N–H and O–H groups in total. The van der Waals surface area contributed by atoms with Gasteiger partial charge < -0.3 is 10.1 Å². The molecule has 0 saturated carbocycles. The number of aromatic nitrogens is 2. The third-order valence-corrected chi connectivity index (χ3v) is 3.42. The van der Waals surface area contributed by atoms with E-state index in [0.29, 0.717) is 17.0 Å². The minimum absolute atomic E-state index is 0.0634. The Morgan fingerprint density at radius 2 is 2.32 bits per heavy atom. The van der Waals surface area contributed by atoms with Crippen molar-refractivity contribution in [2.45, 2.75) is 6.42 Å². The zero-order chi connectivity index (χ0) is 13.4. The second-order valence-corrected chi connectivity index (χ2v) is 4.56. The van der Waals surface area contributed by atoms with Crippen LogP contribution in [0.3, 0.4) is 0 Å². The molecule has 19 heavy (non-hydrogen) atoms. The number of ketones is 1. The van der Waals surface area contributed by atoms with Crippen LogP contribution >= 0.6 is 0 Å². The molecule has 1 aromatic heterocycles. The molecule has 98 valence electrons. The van der Waals surface area contributed by atoms with Crippen molar-refractivity contribution in [3.8, 4) is 5.75 Å². The number of hydrogen-bond acceptors (Lipinski definition) is 4. The summed E-state index contributed by atoms with van der Waals surface area (Å²) in [6.45, 7) is 0.933. The van der Waals surface area contributed by atoms with Gasteiger partial charge in [0.1, 0.15) is 0 Å². The number of carbonyl (C=O) groups is 1. The lowest BCUT2D eigenvalue weighted by Gasteiger charge is -2.06. The number of hydrogen-bond donors (Lipinski definition) is 1. The molecule has 2 heterocycles. The molecular formula is C14H15N3O2. The number of benzene rings is 1.